The summed E-state index contributed by atoms with van der Waals surface area (Å²) in [5.41, 5.74) is -0.371. The first-order chi connectivity index (χ1) is 13.3. The zero-order valence-electron chi connectivity index (χ0n) is 15.3. The predicted octanol–water partition coefficient (Wildman–Crippen LogP) is 2.95. The molecule has 6 nitrogen and oxygen atoms in total. The normalized spacial score (nSPS) is 26.1. The molecule has 0 saturated heterocycles. The lowest BCUT2D eigenvalue weighted by Gasteiger charge is -2.71. The Morgan fingerprint density at radius 3 is 2.82 bits per heavy atom. The number of benzene rings is 1. The quantitative estimate of drug-likeness (QED) is 0.566. The third-order valence-corrected chi connectivity index (χ3v) is 6.78. The Labute approximate surface area is 171 Å². The summed E-state index contributed by atoms with van der Waals surface area (Å²) in [4.78, 5) is 17.2. The molecule has 1 atom stereocenters. The molecular formula is C19H21ClFN3O3S. The molecule has 9 heteroatoms. The number of aryl methyl sites for hydroxylation is 1. The summed E-state index contributed by atoms with van der Waals surface area (Å²) in [6.45, 7) is 1.84. The second-order valence-corrected chi connectivity index (χ2v) is 9.11. The summed E-state index contributed by atoms with van der Waals surface area (Å²) in [6.07, 6.45) is 4.10. The average Bonchev–Trinajstić information content (AvgIpc) is 3.09. The van der Waals surface area contributed by atoms with E-state index in [1.807, 2.05) is 6.92 Å². The van der Waals surface area contributed by atoms with Gasteiger partial charge in [-0.05, 0) is 37.8 Å². The molecule has 1 heterocycles. The molecule has 3 saturated carbocycles. The van der Waals surface area contributed by atoms with E-state index in [9.17, 15) is 14.3 Å². The number of nitrogens with one attached hydrogen (secondary N) is 2. The van der Waals surface area contributed by atoms with Gasteiger partial charge in [0.1, 0.15) is 17.8 Å². The van der Waals surface area contributed by atoms with Crippen LogP contribution in [0, 0.1) is 5.82 Å². The maximum atomic E-state index is 13.4. The molecular weight excluding hydrogens is 405 g/mol. The Kier molecular flexibility index (Phi) is 5.07. The van der Waals surface area contributed by atoms with Crippen molar-refractivity contribution in [3.05, 3.63) is 45.1 Å². The van der Waals surface area contributed by atoms with E-state index in [0.29, 0.717) is 0 Å². The molecule has 2 aromatic rings. The number of halogens is 2. The van der Waals surface area contributed by atoms with Gasteiger partial charge in [0.25, 0.3) is 5.91 Å². The number of ether oxygens (including phenoxy) is 1. The second-order valence-electron chi connectivity index (χ2n) is 7.56. The number of aliphatic hydroxyl groups is 1. The van der Waals surface area contributed by atoms with E-state index >= 15 is 0 Å². The third kappa shape index (κ3) is 3.74. The fourth-order valence-electron chi connectivity index (χ4n) is 4.10. The molecule has 5 rings (SSSR count). The average molecular weight is 426 g/mol. The number of carbonyl (C=O) groups is 1. The van der Waals surface area contributed by atoms with Crippen LogP contribution < -0.4 is 15.4 Å². The number of nitrogens with zero attached hydrogens (tertiary/aromatic N) is 1. The molecule has 28 heavy (non-hydrogen) atoms. The van der Waals surface area contributed by atoms with Crippen molar-refractivity contribution in [2.75, 3.05) is 6.61 Å². The number of hydrogen-bond donors (Lipinski definition) is 3. The molecule has 0 spiro atoms. The van der Waals surface area contributed by atoms with Gasteiger partial charge in [-0.15, -0.1) is 11.3 Å². The Bertz CT molecular complexity index is 887. The summed E-state index contributed by atoms with van der Waals surface area (Å²) >= 11 is 7.13. The number of hydrogen-bond acceptors (Lipinski definition) is 6. The molecule has 3 aliphatic carbocycles. The van der Waals surface area contributed by atoms with E-state index in [2.05, 4.69) is 15.6 Å². The van der Waals surface area contributed by atoms with Gasteiger partial charge < -0.3 is 15.2 Å². The van der Waals surface area contributed by atoms with Crippen LogP contribution in [0.5, 0.6) is 5.75 Å². The minimum absolute atomic E-state index is 0.00917. The third-order valence-electron chi connectivity index (χ3n) is 5.28. The van der Waals surface area contributed by atoms with Gasteiger partial charge >= 0.3 is 0 Å². The zero-order valence-corrected chi connectivity index (χ0v) is 16.9. The molecule has 1 amide bonds. The van der Waals surface area contributed by atoms with E-state index in [1.165, 1.54) is 23.5 Å². The van der Waals surface area contributed by atoms with Crippen molar-refractivity contribution in [1.82, 2.24) is 15.6 Å². The molecule has 2 bridgehead atoms. The first-order valence-corrected chi connectivity index (χ1v) is 10.3. The maximum absolute atomic E-state index is 13.4. The second kappa shape index (κ2) is 7.26. The van der Waals surface area contributed by atoms with Gasteiger partial charge in [0.15, 0.2) is 6.61 Å². The number of amides is 1. The highest BCUT2D eigenvalue weighted by Gasteiger charge is 2.68. The van der Waals surface area contributed by atoms with Crippen molar-refractivity contribution in [2.24, 2.45) is 0 Å². The van der Waals surface area contributed by atoms with Crippen molar-refractivity contribution in [1.29, 1.82) is 0 Å². The van der Waals surface area contributed by atoms with Crippen LogP contribution in [0.15, 0.2) is 24.4 Å². The number of carbonyl (C=O) groups excluding carboxylic acids is 1. The Hall–Kier alpha value is -1.74. The monoisotopic (exact) mass is 425 g/mol. The predicted molar refractivity (Wildman–Crippen MR) is 104 cm³/mol. The van der Waals surface area contributed by atoms with Gasteiger partial charge in [0, 0.05) is 23.3 Å². The molecule has 0 aliphatic heterocycles. The summed E-state index contributed by atoms with van der Waals surface area (Å²) in [6, 6.07) is 4.06. The fraction of sp³-hybridized carbons (Fsp3) is 0.474. The van der Waals surface area contributed by atoms with Crippen molar-refractivity contribution in [2.45, 2.75) is 49.9 Å². The largest absolute Gasteiger partial charge is 0.484 e. The lowest BCUT2D eigenvalue weighted by Crippen LogP contribution is -2.83. The van der Waals surface area contributed by atoms with Gasteiger partial charge in [-0.2, -0.15) is 0 Å². The highest BCUT2D eigenvalue weighted by atomic mass is 35.5. The van der Waals surface area contributed by atoms with Crippen LogP contribution in [0.1, 0.15) is 42.3 Å². The first-order valence-electron chi connectivity index (χ1n) is 9.11. The standard InChI is InChI=1S/C19H21ClFN3O3S/c1-2-16-22-6-14(28-16)17(26)24-19-8-18(9-19,10-19)23-15(25)7-27-11-3-4-12(20)13(21)5-11/h3-6,17,24,26H,2,7-10H2,1H3,(H,23,25). The van der Waals surface area contributed by atoms with E-state index in [-0.39, 0.29) is 34.4 Å². The number of aromatic nitrogens is 1. The van der Waals surface area contributed by atoms with Crippen molar-refractivity contribution in [3.8, 4) is 5.75 Å². The van der Waals surface area contributed by atoms with Gasteiger partial charge in [0.05, 0.1) is 14.9 Å². The van der Waals surface area contributed by atoms with Crippen LogP contribution in [0.4, 0.5) is 4.39 Å². The number of thiazole rings is 1. The minimum Gasteiger partial charge on any atom is -0.484 e. The molecule has 3 aliphatic rings. The lowest BCUT2D eigenvalue weighted by atomic mass is 9.44. The van der Waals surface area contributed by atoms with Crippen LogP contribution in [-0.2, 0) is 11.2 Å². The van der Waals surface area contributed by atoms with Gasteiger partial charge in [-0.1, -0.05) is 18.5 Å². The van der Waals surface area contributed by atoms with E-state index in [4.69, 9.17) is 16.3 Å². The maximum Gasteiger partial charge on any atom is 0.258 e. The molecule has 1 aromatic heterocycles. The van der Waals surface area contributed by atoms with Crippen LogP contribution in [-0.4, -0.2) is 33.7 Å². The summed E-state index contributed by atoms with van der Waals surface area (Å²) in [5.74, 6) is -0.580. The fourth-order valence-corrected chi connectivity index (χ4v) is 5.01. The summed E-state index contributed by atoms with van der Waals surface area (Å²) < 4.78 is 18.7. The Morgan fingerprint density at radius 2 is 2.18 bits per heavy atom. The van der Waals surface area contributed by atoms with Crippen LogP contribution in [0.3, 0.4) is 0 Å². The summed E-state index contributed by atoms with van der Waals surface area (Å²) in [7, 11) is 0. The van der Waals surface area contributed by atoms with Crippen molar-refractivity contribution >= 4 is 28.8 Å². The first kappa shape index (κ1) is 19.6. The highest BCUT2D eigenvalue weighted by Crippen LogP contribution is 2.61. The molecule has 1 aromatic carbocycles. The Balaban J connectivity index is 1.23. The molecule has 150 valence electrons. The van der Waals surface area contributed by atoms with Gasteiger partial charge in [-0.25, -0.2) is 9.37 Å². The highest BCUT2D eigenvalue weighted by molar-refractivity contribution is 7.11. The Morgan fingerprint density at radius 1 is 1.43 bits per heavy atom. The van der Waals surface area contributed by atoms with E-state index < -0.39 is 12.0 Å². The number of aliphatic hydroxyl groups excluding tert-OH is 1. The van der Waals surface area contributed by atoms with Crippen molar-refractivity contribution < 1.29 is 19.0 Å². The van der Waals surface area contributed by atoms with E-state index in [0.717, 1.165) is 41.6 Å². The number of rotatable bonds is 8. The van der Waals surface area contributed by atoms with Crippen molar-refractivity contribution in [3.63, 3.8) is 0 Å². The van der Waals surface area contributed by atoms with Crippen LogP contribution in [0.2, 0.25) is 5.02 Å². The smallest absolute Gasteiger partial charge is 0.258 e. The molecule has 0 radical (unpaired) electrons. The molecule has 3 fully saturated rings. The SMILES string of the molecule is CCc1ncc(C(O)NC23CC(NC(=O)COc4ccc(Cl)c(F)c4)(C2)C3)s1. The lowest BCUT2D eigenvalue weighted by molar-refractivity contribution is -0.150. The van der Waals surface area contributed by atoms with Gasteiger partial charge in [0.2, 0.25) is 0 Å². The van der Waals surface area contributed by atoms with Crippen LogP contribution >= 0.6 is 22.9 Å². The molecule has 3 N–H and O–H groups in total. The van der Waals surface area contributed by atoms with E-state index in [1.54, 1.807) is 6.20 Å². The van der Waals surface area contributed by atoms with Crippen LogP contribution in [0.25, 0.3) is 0 Å². The summed E-state index contributed by atoms with van der Waals surface area (Å²) in [5, 5.41) is 17.7. The topological polar surface area (TPSA) is 83.5 Å². The minimum atomic E-state index is -0.741. The zero-order chi connectivity index (χ0) is 19.9. The molecule has 1 unspecified atom stereocenters. The van der Waals surface area contributed by atoms with Gasteiger partial charge in [-0.3, -0.25) is 10.1 Å².